The molecule has 0 aliphatic carbocycles. The highest BCUT2D eigenvalue weighted by Crippen LogP contribution is 2.23. The van der Waals surface area contributed by atoms with Gasteiger partial charge in [0.2, 0.25) is 0 Å². The number of rotatable bonds is 5. The van der Waals surface area contributed by atoms with Crippen molar-refractivity contribution in [1.29, 1.82) is 0 Å². The molecule has 1 nitrogen and oxygen atoms in total. The summed E-state index contributed by atoms with van der Waals surface area (Å²) >= 11 is 0. The lowest BCUT2D eigenvalue weighted by atomic mass is 9.86. The molecule has 108 valence electrons. The molecule has 0 fully saturated rings. The summed E-state index contributed by atoms with van der Waals surface area (Å²) in [5.41, 5.74) is 3.11. The third-order valence-electron chi connectivity index (χ3n) is 3.95. The number of hydrogen-bond donors (Lipinski definition) is 0. The van der Waals surface area contributed by atoms with Gasteiger partial charge >= 0.3 is 0 Å². The average molecular weight is 261 g/mol. The van der Waals surface area contributed by atoms with Crippen LogP contribution in [0.1, 0.15) is 59.6 Å². The molecule has 1 atom stereocenters. The number of benzene rings is 1. The van der Waals surface area contributed by atoms with E-state index in [-0.39, 0.29) is 5.41 Å². The molecular formula is C18H31N. The van der Waals surface area contributed by atoms with E-state index < -0.39 is 0 Å². The average Bonchev–Trinajstić information content (AvgIpc) is 2.28. The topological polar surface area (TPSA) is 3.24 Å². The Balaban J connectivity index is 2.73. The zero-order valence-corrected chi connectivity index (χ0v) is 13.8. The van der Waals surface area contributed by atoms with E-state index >= 15 is 0 Å². The summed E-state index contributed by atoms with van der Waals surface area (Å²) in [4.78, 5) is 2.55. The van der Waals surface area contributed by atoms with Crippen molar-refractivity contribution >= 4 is 0 Å². The molecule has 0 N–H and O–H groups in total. The Morgan fingerprint density at radius 1 is 1.00 bits per heavy atom. The largest absolute Gasteiger partial charge is 0.298 e. The quantitative estimate of drug-likeness (QED) is 0.746. The maximum Gasteiger partial charge on any atom is 0.0110 e. The number of likely N-dealkylation sites (N-methyl/N-ethyl adjacent to an activating group) is 1. The van der Waals surface area contributed by atoms with Gasteiger partial charge in [0.05, 0.1) is 0 Å². The normalized spacial score (nSPS) is 14.2. The van der Waals surface area contributed by atoms with Crippen LogP contribution >= 0.6 is 0 Å². The SMILES string of the molecule is CCN(C(C)C)C(C)Cc1ccc(C(C)(C)C)cc1. The Labute approximate surface area is 120 Å². The molecule has 0 spiro atoms. The van der Waals surface area contributed by atoms with Crippen LogP contribution in [0.5, 0.6) is 0 Å². The first-order valence-corrected chi connectivity index (χ1v) is 7.60. The van der Waals surface area contributed by atoms with Gasteiger partial charge in [0, 0.05) is 12.1 Å². The van der Waals surface area contributed by atoms with E-state index in [2.05, 4.69) is 77.6 Å². The summed E-state index contributed by atoms with van der Waals surface area (Å²) in [5, 5.41) is 0. The molecule has 1 aromatic carbocycles. The summed E-state index contributed by atoms with van der Waals surface area (Å²) in [6.07, 6.45) is 1.14. The van der Waals surface area contributed by atoms with Crippen molar-refractivity contribution in [3.05, 3.63) is 35.4 Å². The first-order chi connectivity index (χ1) is 8.75. The minimum absolute atomic E-state index is 0.248. The highest BCUT2D eigenvalue weighted by Gasteiger charge is 2.16. The number of nitrogens with zero attached hydrogens (tertiary/aromatic N) is 1. The third kappa shape index (κ3) is 4.65. The standard InChI is InChI=1S/C18H31N/c1-8-19(14(2)3)15(4)13-16-9-11-17(12-10-16)18(5,6)7/h9-12,14-15H,8,13H2,1-7H3. The molecule has 0 aliphatic heterocycles. The second-order valence-electron chi connectivity index (χ2n) is 6.92. The van der Waals surface area contributed by atoms with E-state index in [9.17, 15) is 0 Å². The smallest absolute Gasteiger partial charge is 0.0110 e. The van der Waals surface area contributed by atoms with E-state index in [1.54, 1.807) is 0 Å². The lowest BCUT2D eigenvalue weighted by molar-refractivity contribution is 0.172. The maximum absolute atomic E-state index is 2.55. The van der Waals surface area contributed by atoms with Gasteiger partial charge in [-0.3, -0.25) is 4.90 Å². The van der Waals surface area contributed by atoms with Gasteiger partial charge in [-0.05, 0) is 50.3 Å². The van der Waals surface area contributed by atoms with E-state index in [0.29, 0.717) is 12.1 Å². The Morgan fingerprint density at radius 2 is 1.53 bits per heavy atom. The minimum Gasteiger partial charge on any atom is -0.298 e. The zero-order chi connectivity index (χ0) is 14.6. The molecule has 0 saturated heterocycles. The lowest BCUT2D eigenvalue weighted by Crippen LogP contribution is -2.39. The highest BCUT2D eigenvalue weighted by atomic mass is 15.2. The maximum atomic E-state index is 2.55. The van der Waals surface area contributed by atoms with Gasteiger partial charge in [-0.2, -0.15) is 0 Å². The molecule has 19 heavy (non-hydrogen) atoms. The minimum atomic E-state index is 0.248. The lowest BCUT2D eigenvalue weighted by Gasteiger charge is -2.31. The Kier molecular flexibility index (Phi) is 5.61. The predicted molar refractivity (Wildman–Crippen MR) is 85.8 cm³/mol. The van der Waals surface area contributed by atoms with Crippen LogP contribution in [0.3, 0.4) is 0 Å². The molecule has 1 aromatic rings. The second kappa shape index (κ2) is 6.56. The van der Waals surface area contributed by atoms with Crippen molar-refractivity contribution in [2.24, 2.45) is 0 Å². The summed E-state index contributed by atoms with van der Waals surface area (Å²) in [7, 11) is 0. The molecular weight excluding hydrogens is 230 g/mol. The van der Waals surface area contributed by atoms with Gasteiger partial charge in [-0.15, -0.1) is 0 Å². The van der Waals surface area contributed by atoms with Gasteiger partial charge in [0.25, 0.3) is 0 Å². The first-order valence-electron chi connectivity index (χ1n) is 7.60. The van der Waals surface area contributed by atoms with Crippen molar-refractivity contribution in [3.63, 3.8) is 0 Å². The highest BCUT2D eigenvalue weighted by molar-refractivity contribution is 5.27. The molecule has 0 saturated carbocycles. The number of hydrogen-bond acceptors (Lipinski definition) is 1. The molecule has 1 unspecified atom stereocenters. The van der Waals surface area contributed by atoms with E-state index in [0.717, 1.165) is 13.0 Å². The summed E-state index contributed by atoms with van der Waals surface area (Å²) in [5.74, 6) is 0. The fourth-order valence-electron chi connectivity index (χ4n) is 2.78. The summed E-state index contributed by atoms with van der Waals surface area (Å²) < 4.78 is 0. The molecule has 0 bridgehead atoms. The molecule has 1 rings (SSSR count). The van der Waals surface area contributed by atoms with Crippen molar-refractivity contribution < 1.29 is 0 Å². The Bertz CT molecular complexity index is 370. The predicted octanol–water partition coefficient (Wildman–Crippen LogP) is 4.65. The second-order valence-corrected chi connectivity index (χ2v) is 6.92. The van der Waals surface area contributed by atoms with Crippen LogP contribution < -0.4 is 0 Å². The molecule has 1 heteroatoms. The summed E-state index contributed by atoms with van der Waals surface area (Å²) in [6.45, 7) is 17.1. The van der Waals surface area contributed by atoms with Crippen molar-refractivity contribution in [2.75, 3.05) is 6.54 Å². The van der Waals surface area contributed by atoms with Gasteiger partial charge in [-0.25, -0.2) is 0 Å². The van der Waals surface area contributed by atoms with Crippen molar-refractivity contribution in [1.82, 2.24) is 4.90 Å². The Hall–Kier alpha value is -0.820. The van der Waals surface area contributed by atoms with Gasteiger partial charge in [-0.1, -0.05) is 52.0 Å². The monoisotopic (exact) mass is 261 g/mol. The van der Waals surface area contributed by atoms with Crippen LogP contribution in [0.15, 0.2) is 24.3 Å². The van der Waals surface area contributed by atoms with Crippen LogP contribution in [0.4, 0.5) is 0 Å². The fourth-order valence-corrected chi connectivity index (χ4v) is 2.78. The molecule has 0 aliphatic rings. The third-order valence-corrected chi connectivity index (χ3v) is 3.95. The Morgan fingerprint density at radius 3 is 1.89 bits per heavy atom. The summed E-state index contributed by atoms with van der Waals surface area (Å²) in [6, 6.07) is 10.4. The molecule has 0 radical (unpaired) electrons. The van der Waals surface area contributed by atoms with Crippen LogP contribution in [-0.2, 0) is 11.8 Å². The molecule has 0 aromatic heterocycles. The van der Waals surface area contributed by atoms with Crippen molar-refractivity contribution in [3.8, 4) is 0 Å². The fraction of sp³-hybridized carbons (Fsp3) is 0.667. The van der Waals surface area contributed by atoms with Crippen LogP contribution in [0.2, 0.25) is 0 Å². The van der Waals surface area contributed by atoms with E-state index in [1.807, 2.05) is 0 Å². The first kappa shape index (κ1) is 16.2. The van der Waals surface area contributed by atoms with Gasteiger partial charge in [0.1, 0.15) is 0 Å². The van der Waals surface area contributed by atoms with Gasteiger partial charge < -0.3 is 0 Å². The van der Waals surface area contributed by atoms with E-state index in [4.69, 9.17) is 0 Å². The van der Waals surface area contributed by atoms with Crippen LogP contribution in [0.25, 0.3) is 0 Å². The van der Waals surface area contributed by atoms with Crippen LogP contribution in [0, 0.1) is 0 Å². The van der Waals surface area contributed by atoms with Gasteiger partial charge in [0.15, 0.2) is 0 Å². The van der Waals surface area contributed by atoms with Crippen LogP contribution in [-0.4, -0.2) is 23.5 Å². The molecule has 0 amide bonds. The molecule has 0 heterocycles. The van der Waals surface area contributed by atoms with Crippen molar-refractivity contribution in [2.45, 2.75) is 72.4 Å². The zero-order valence-electron chi connectivity index (χ0n) is 13.8. The van der Waals surface area contributed by atoms with E-state index in [1.165, 1.54) is 11.1 Å².